The number of non-ortho nitro benzene ring substituents is 1. The number of rotatable bonds is 8. The number of amides is 1. The first-order valence-electron chi connectivity index (χ1n) is 8.10. The number of hydrogen-bond donors (Lipinski definition) is 1. The van der Waals surface area contributed by atoms with Gasteiger partial charge in [0.25, 0.3) is 11.6 Å². The number of para-hydroxylation sites is 2. The van der Waals surface area contributed by atoms with Gasteiger partial charge in [-0.1, -0.05) is 24.3 Å². The highest BCUT2D eigenvalue weighted by Crippen LogP contribution is 2.23. The van der Waals surface area contributed by atoms with Crippen LogP contribution in [0.1, 0.15) is 12.5 Å². The molecule has 2 aromatic rings. The Morgan fingerprint density at radius 1 is 1.19 bits per heavy atom. The number of ether oxygens (including phenoxy) is 2. The van der Waals surface area contributed by atoms with E-state index in [0.29, 0.717) is 23.6 Å². The molecule has 1 N–H and O–H groups in total. The monoisotopic (exact) mass is 370 g/mol. The second kappa shape index (κ2) is 9.71. The van der Waals surface area contributed by atoms with Gasteiger partial charge in [0.15, 0.2) is 6.61 Å². The average molecular weight is 370 g/mol. The number of hydrogen-bond acceptors (Lipinski definition) is 6. The lowest BCUT2D eigenvalue weighted by atomic mass is 10.2. The molecule has 0 aliphatic carbocycles. The minimum atomic E-state index is -0.741. The largest absolute Gasteiger partial charge is 0.492 e. The molecule has 0 radical (unpaired) electrons. The summed E-state index contributed by atoms with van der Waals surface area (Å²) in [5.74, 6) is -0.737. The molecule has 27 heavy (non-hydrogen) atoms. The van der Waals surface area contributed by atoms with Crippen LogP contribution in [0.3, 0.4) is 0 Å². The molecule has 0 aliphatic rings. The third-order valence-corrected chi connectivity index (χ3v) is 3.30. The Morgan fingerprint density at radius 2 is 1.96 bits per heavy atom. The van der Waals surface area contributed by atoms with Crippen LogP contribution in [0.5, 0.6) is 5.75 Å². The Bertz CT molecular complexity index is 863. The van der Waals surface area contributed by atoms with Crippen molar-refractivity contribution in [2.75, 3.05) is 18.5 Å². The van der Waals surface area contributed by atoms with Crippen molar-refractivity contribution < 1.29 is 24.0 Å². The summed E-state index contributed by atoms with van der Waals surface area (Å²) in [4.78, 5) is 33.8. The standard InChI is InChI=1S/C19H18N2O6/c1-2-26-17-9-4-3-8-16(17)20-18(22)13-27-19(23)11-10-14-6-5-7-15(12-14)21(24)25/h3-12H,2,13H2,1H3,(H,20,22). The van der Waals surface area contributed by atoms with E-state index >= 15 is 0 Å². The number of nitro benzene ring substituents is 1. The zero-order valence-corrected chi connectivity index (χ0v) is 14.6. The fourth-order valence-corrected chi connectivity index (χ4v) is 2.13. The van der Waals surface area contributed by atoms with Crippen molar-refractivity contribution in [2.24, 2.45) is 0 Å². The van der Waals surface area contributed by atoms with Crippen LogP contribution in [-0.2, 0) is 14.3 Å². The number of nitro groups is 1. The van der Waals surface area contributed by atoms with E-state index in [1.165, 1.54) is 24.3 Å². The predicted molar refractivity (Wildman–Crippen MR) is 99.3 cm³/mol. The van der Waals surface area contributed by atoms with Crippen LogP contribution in [0.2, 0.25) is 0 Å². The third-order valence-electron chi connectivity index (χ3n) is 3.30. The Morgan fingerprint density at radius 3 is 2.70 bits per heavy atom. The van der Waals surface area contributed by atoms with E-state index in [1.807, 2.05) is 6.92 Å². The molecule has 0 aromatic heterocycles. The van der Waals surface area contributed by atoms with E-state index in [4.69, 9.17) is 9.47 Å². The lowest BCUT2D eigenvalue weighted by molar-refractivity contribution is -0.384. The highest BCUT2D eigenvalue weighted by Gasteiger charge is 2.09. The van der Waals surface area contributed by atoms with Gasteiger partial charge in [0.2, 0.25) is 0 Å². The van der Waals surface area contributed by atoms with E-state index in [-0.39, 0.29) is 5.69 Å². The summed E-state index contributed by atoms with van der Waals surface area (Å²) < 4.78 is 10.3. The van der Waals surface area contributed by atoms with Gasteiger partial charge in [-0.3, -0.25) is 14.9 Å². The fourth-order valence-electron chi connectivity index (χ4n) is 2.13. The van der Waals surface area contributed by atoms with Crippen LogP contribution in [0.15, 0.2) is 54.6 Å². The van der Waals surface area contributed by atoms with E-state index < -0.39 is 23.4 Å². The third kappa shape index (κ3) is 6.28. The molecule has 0 bridgehead atoms. The van der Waals surface area contributed by atoms with Crippen molar-refractivity contribution in [1.82, 2.24) is 0 Å². The van der Waals surface area contributed by atoms with E-state index in [0.717, 1.165) is 6.08 Å². The molecule has 0 saturated heterocycles. The number of carbonyl (C=O) groups excluding carboxylic acids is 2. The summed E-state index contributed by atoms with van der Waals surface area (Å²) >= 11 is 0. The Kier molecular flexibility index (Phi) is 7.07. The first kappa shape index (κ1) is 19.6. The summed E-state index contributed by atoms with van der Waals surface area (Å²) in [5, 5.41) is 13.3. The van der Waals surface area contributed by atoms with Crippen LogP contribution in [0.4, 0.5) is 11.4 Å². The number of nitrogens with one attached hydrogen (secondary N) is 1. The molecule has 0 aliphatic heterocycles. The molecule has 0 fully saturated rings. The topological polar surface area (TPSA) is 108 Å². The lowest BCUT2D eigenvalue weighted by Crippen LogP contribution is -2.20. The highest BCUT2D eigenvalue weighted by atomic mass is 16.6. The van der Waals surface area contributed by atoms with Gasteiger partial charge in [0.1, 0.15) is 5.75 Å². The smallest absolute Gasteiger partial charge is 0.331 e. The number of carbonyl (C=O) groups is 2. The van der Waals surface area contributed by atoms with Gasteiger partial charge < -0.3 is 14.8 Å². The van der Waals surface area contributed by atoms with Gasteiger partial charge in [0, 0.05) is 18.2 Å². The number of esters is 1. The molecule has 0 heterocycles. The van der Waals surface area contributed by atoms with Crippen molar-refractivity contribution in [2.45, 2.75) is 6.92 Å². The minimum Gasteiger partial charge on any atom is -0.492 e. The first-order chi connectivity index (χ1) is 13.0. The Hall–Kier alpha value is -3.68. The fraction of sp³-hybridized carbons (Fsp3) is 0.158. The summed E-state index contributed by atoms with van der Waals surface area (Å²) in [6.07, 6.45) is 2.47. The van der Waals surface area contributed by atoms with Crippen LogP contribution in [-0.4, -0.2) is 30.0 Å². The first-order valence-corrected chi connectivity index (χ1v) is 8.10. The summed E-state index contributed by atoms with van der Waals surface area (Å²) in [6, 6.07) is 12.7. The van der Waals surface area contributed by atoms with Gasteiger partial charge in [-0.15, -0.1) is 0 Å². The van der Waals surface area contributed by atoms with Gasteiger partial charge >= 0.3 is 5.97 Å². The molecular weight excluding hydrogens is 352 g/mol. The van der Waals surface area contributed by atoms with Gasteiger partial charge in [-0.25, -0.2) is 4.79 Å². The van der Waals surface area contributed by atoms with Gasteiger partial charge in [-0.2, -0.15) is 0 Å². The summed E-state index contributed by atoms with van der Waals surface area (Å²) in [5.41, 5.74) is 0.863. The van der Waals surface area contributed by atoms with Crippen LogP contribution in [0, 0.1) is 10.1 Å². The van der Waals surface area contributed by atoms with Crippen molar-refractivity contribution in [3.8, 4) is 5.75 Å². The minimum absolute atomic E-state index is 0.0853. The van der Waals surface area contributed by atoms with Crippen molar-refractivity contribution in [3.63, 3.8) is 0 Å². The van der Waals surface area contributed by atoms with E-state index in [9.17, 15) is 19.7 Å². The molecular formula is C19H18N2O6. The van der Waals surface area contributed by atoms with E-state index in [2.05, 4.69) is 5.32 Å². The Balaban J connectivity index is 1.87. The molecule has 0 atom stereocenters. The molecule has 140 valence electrons. The number of anilines is 1. The molecule has 8 nitrogen and oxygen atoms in total. The van der Waals surface area contributed by atoms with Gasteiger partial charge in [0.05, 0.1) is 17.2 Å². The molecule has 2 aromatic carbocycles. The second-order valence-electron chi connectivity index (χ2n) is 5.27. The van der Waals surface area contributed by atoms with Crippen LogP contribution in [0.25, 0.3) is 6.08 Å². The molecule has 0 unspecified atom stereocenters. The maximum absolute atomic E-state index is 11.9. The highest BCUT2D eigenvalue weighted by molar-refractivity contribution is 5.95. The zero-order valence-electron chi connectivity index (χ0n) is 14.6. The lowest BCUT2D eigenvalue weighted by Gasteiger charge is -2.11. The normalized spacial score (nSPS) is 10.4. The Labute approximate surface area is 155 Å². The summed E-state index contributed by atoms with van der Waals surface area (Å²) in [6.45, 7) is 1.80. The number of nitrogens with zero attached hydrogens (tertiary/aromatic N) is 1. The quantitative estimate of drug-likeness (QED) is 0.331. The molecule has 2 rings (SSSR count). The van der Waals surface area contributed by atoms with Crippen molar-refractivity contribution in [1.29, 1.82) is 0 Å². The molecule has 1 amide bonds. The molecule has 8 heteroatoms. The van der Waals surface area contributed by atoms with Gasteiger partial charge in [-0.05, 0) is 30.7 Å². The second-order valence-corrected chi connectivity index (χ2v) is 5.27. The maximum Gasteiger partial charge on any atom is 0.331 e. The van der Waals surface area contributed by atoms with Crippen LogP contribution < -0.4 is 10.1 Å². The van der Waals surface area contributed by atoms with Crippen molar-refractivity contribution in [3.05, 3.63) is 70.3 Å². The average Bonchev–Trinajstić information content (AvgIpc) is 2.66. The molecule has 0 saturated carbocycles. The SMILES string of the molecule is CCOc1ccccc1NC(=O)COC(=O)C=Cc1cccc([N+](=O)[O-])c1. The summed E-state index contributed by atoms with van der Waals surface area (Å²) in [7, 11) is 0. The predicted octanol–water partition coefficient (Wildman–Crippen LogP) is 3.19. The molecule has 0 spiro atoms. The number of benzene rings is 2. The maximum atomic E-state index is 11.9. The van der Waals surface area contributed by atoms with Crippen molar-refractivity contribution >= 4 is 29.3 Å². The van der Waals surface area contributed by atoms with E-state index in [1.54, 1.807) is 30.3 Å². The van der Waals surface area contributed by atoms with Crippen LogP contribution >= 0.6 is 0 Å². The zero-order chi connectivity index (χ0) is 19.6.